The number of nitrogens with zero attached hydrogens (tertiary/aromatic N) is 1. The second-order valence-corrected chi connectivity index (χ2v) is 7.11. The van der Waals surface area contributed by atoms with Crippen LogP contribution in [0.2, 0.25) is 0 Å². The van der Waals surface area contributed by atoms with Crippen LogP contribution in [-0.2, 0) is 6.42 Å². The van der Waals surface area contributed by atoms with E-state index in [0.29, 0.717) is 5.92 Å². The molecular weight excluding hydrogens is 330 g/mol. The van der Waals surface area contributed by atoms with Gasteiger partial charge in [-0.3, -0.25) is 4.90 Å². The second kappa shape index (κ2) is 9.84. The van der Waals surface area contributed by atoms with Crippen molar-refractivity contribution in [2.75, 3.05) is 26.2 Å². The molecule has 0 saturated carbocycles. The van der Waals surface area contributed by atoms with Gasteiger partial charge in [0.15, 0.2) is 0 Å². The molecule has 1 heterocycles. The van der Waals surface area contributed by atoms with Crippen LogP contribution >= 0.6 is 12.4 Å². The normalized spacial score (nSPS) is 14.5. The molecule has 1 fully saturated rings. The van der Waals surface area contributed by atoms with Crippen LogP contribution < -0.4 is 4.74 Å². The molecule has 25 heavy (non-hydrogen) atoms. The Morgan fingerprint density at radius 1 is 0.880 bits per heavy atom. The molecule has 0 N–H and O–H groups in total. The molecule has 0 atom stereocenters. The highest BCUT2D eigenvalue weighted by atomic mass is 35.5. The van der Waals surface area contributed by atoms with Crippen molar-refractivity contribution in [1.29, 1.82) is 0 Å². The highest BCUT2D eigenvalue weighted by Gasteiger charge is 2.10. The summed E-state index contributed by atoms with van der Waals surface area (Å²) in [6.07, 6.45) is 3.66. The van der Waals surface area contributed by atoms with Crippen LogP contribution in [-0.4, -0.2) is 31.1 Å². The summed E-state index contributed by atoms with van der Waals surface area (Å²) in [4.78, 5) is 2.48. The number of rotatable bonds is 7. The first-order valence-electron chi connectivity index (χ1n) is 9.23. The molecule has 2 aromatic rings. The molecule has 0 aliphatic carbocycles. The summed E-state index contributed by atoms with van der Waals surface area (Å²) in [5.41, 5.74) is 4.10. The van der Waals surface area contributed by atoms with Gasteiger partial charge < -0.3 is 4.74 Å². The topological polar surface area (TPSA) is 12.5 Å². The van der Waals surface area contributed by atoms with Gasteiger partial charge in [0.2, 0.25) is 0 Å². The summed E-state index contributed by atoms with van der Waals surface area (Å²) in [5, 5.41) is 0. The Hall–Kier alpha value is -1.51. The Morgan fingerprint density at radius 3 is 2.00 bits per heavy atom. The average molecular weight is 360 g/mol. The number of ether oxygens (including phenoxy) is 1. The second-order valence-electron chi connectivity index (χ2n) is 7.11. The number of hydrogen-bond donors (Lipinski definition) is 0. The number of hydrogen-bond acceptors (Lipinski definition) is 2. The van der Waals surface area contributed by atoms with E-state index >= 15 is 0 Å². The van der Waals surface area contributed by atoms with Gasteiger partial charge in [-0.2, -0.15) is 0 Å². The van der Waals surface area contributed by atoms with Crippen molar-refractivity contribution in [3.05, 3.63) is 65.2 Å². The quantitative estimate of drug-likeness (QED) is 0.665. The summed E-state index contributed by atoms with van der Waals surface area (Å²) in [5.74, 6) is 1.57. The minimum Gasteiger partial charge on any atom is -0.492 e. The van der Waals surface area contributed by atoms with Crippen molar-refractivity contribution in [2.45, 2.75) is 39.0 Å². The Bertz CT molecular complexity index is 615. The smallest absolute Gasteiger partial charge is 0.119 e. The zero-order valence-corrected chi connectivity index (χ0v) is 16.2. The van der Waals surface area contributed by atoms with Crippen molar-refractivity contribution in [3.63, 3.8) is 0 Å². The monoisotopic (exact) mass is 359 g/mol. The maximum atomic E-state index is 5.87. The van der Waals surface area contributed by atoms with Gasteiger partial charge >= 0.3 is 0 Å². The fourth-order valence-electron chi connectivity index (χ4n) is 3.26. The SMILES string of the molecule is CC(C)c1ccc(Cc2ccc(OCCN3CCCC3)cc2)cc1.Cl. The minimum absolute atomic E-state index is 0. The van der Waals surface area contributed by atoms with Gasteiger partial charge in [0.25, 0.3) is 0 Å². The lowest BCUT2D eigenvalue weighted by molar-refractivity contribution is 0.238. The van der Waals surface area contributed by atoms with E-state index in [1.807, 2.05) is 0 Å². The first-order chi connectivity index (χ1) is 11.7. The molecule has 0 amide bonds. The van der Waals surface area contributed by atoms with E-state index in [9.17, 15) is 0 Å². The van der Waals surface area contributed by atoms with Crippen molar-refractivity contribution < 1.29 is 4.74 Å². The van der Waals surface area contributed by atoms with Gasteiger partial charge in [0, 0.05) is 6.54 Å². The minimum atomic E-state index is 0. The third-order valence-electron chi connectivity index (χ3n) is 4.85. The lowest BCUT2D eigenvalue weighted by Gasteiger charge is -2.15. The largest absolute Gasteiger partial charge is 0.492 e. The number of benzene rings is 2. The van der Waals surface area contributed by atoms with Crippen LogP contribution in [0.25, 0.3) is 0 Å². The molecular formula is C22H30ClNO. The first-order valence-corrected chi connectivity index (χ1v) is 9.23. The molecule has 1 saturated heterocycles. The van der Waals surface area contributed by atoms with Crippen LogP contribution in [0.4, 0.5) is 0 Å². The van der Waals surface area contributed by atoms with Crippen molar-refractivity contribution in [3.8, 4) is 5.75 Å². The Labute approximate surface area is 158 Å². The van der Waals surface area contributed by atoms with Crippen LogP contribution in [0.15, 0.2) is 48.5 Å². The van der Waals surface area contributed by atoms with E-state index in [2.05, 4.69) is 67.3 Å². The average Bonchev–Trinajstić information content (AvgIpc) is 3.10. The van der Waals surface area contributed by atoms with Crippen LogP contribution in [0.1, 0.15) is 49.3 Å². The highest BCUT2D eigenvalue weighted by Crippen LogP contribution is 2.18. The predicted molar refractivity (Wildman–Crippen MR) is 108 cm³/mol. The molecule has 0 unspecified atom stereocenters. The van der Waals surface area contributed by atoms with E-state index in [1.165, 1.54) is 42.6 Å². The van der Waals surface area contributed by atoms with E-state index < -0.39 is 0 Å². The maximum absolute atomic E-state index is 5.87. The molecule has 136 valence electrons. The van der Waals surface area contributed by atoms with Crippen molar-refractivity contribution >= 4 is 12.4 Å². The standard InChI is InChI=1S/C22H29NO.ClH/c1-18(2)21-9-5-19(6-10-21)17-20-7-11-22(12-8-20)24-16-15-23-13-3-4-14-23;/h5-12,18H,3-4,13-17H2,1-2H3;1H. The lowest BCUT2D eigenvalue weighted by Crippen LogP contribution is -2.25. The van der Waals surface area contributed by atoms with E-state index in [1.54, 1.807) is 0 Å². The molecule has 3 heteroatoms. The van der Waals surface area contributed by atoms with Crippen LogP contribution in [0, 0.1) is 0 Å². The third kappa shape index (κ3) is 6.05. The Morgan fingerprint density at radius 2 is 1.44 bits per heavy atom. The fraction of sp³-hybridized carbons (Fsp3) is 0.455. The molecule has 3 rings (SSSR count). The molecule has 2 nitrogen and oxygen atoms in total. The zero-order chi connectivity index (χ0) is 16.8. The fourth-order valence-corrected chi connectivity index (χ4v) is 3.26. The van der Waals surface area contributed by atoms with E-state index in [0.717, 1.165) is 25.3 Å². The van der Waals surface area contributed by atoms with Gasteiger partial charge in [0.05, 0.1) is 0 Å². The summed E-state index contributed by atoms with van der Waals surface area (Å²) < 4.78 is 5.87. The molecule has 1 aliphatic heterocycles. The predicted octanol–water partition coefficient (Wildman–Crippen LogP) is 5.30. The van der Waals surface area contributed by atoms with Crippen molar-refractivity contribution in [1.82, 2.24) is 4.90 Å². The number of halogens is 1. The molecule has 0 bridgehead atoms. The summed E-state index contributed by atoms with van der Waals surface area (Å²) >= 11 is 0. The Kier molecular flexibility index (Phi) is 7.80. The van der Waals surface area contributed by atoms with E-state index in [4.69, 9.17) is 4.74 Å². The lowest BCUT2D eigenvalue weighted by atomic mass is 9.99. The van der Waals surface area contributed by atoms with Gasteiger partial charge in [-0.05, 0) is 67.1 Å². The first kappa shape index (κ1) is 19.8. The third-order valence-corrected chi connectivity index (χ3v) is 4.85. The summed E-state index contributed by atoms with van der Waals surface area (Å²) in [6.45, 7) is 8.77. The van der Waals surface area contributed by atoms with Gasteiger partial charge in [-0.1, -0.05) is 50.2 Å². The van der Waals surface area contributed by atoms with Crippen molar-refractivity contribution in [2.24, 2.45) is 0 Å². The maximum Gasteiger partial charge on any atom is 0.119 e. The van der Waals surface area contributed by atoms with Gasteiger partial charge in [-0.15, -0.1) is 12.4 Å². The van der Waals surface area contributed by atoms with Gasteiger partial charge in [0.1, 0.15) is 12.4 Å². The zero-order valence-electron chi connectivity index (χ0n) is 15.4. The Balaban J connectivity index is 0.00000225. The number of likely N-dealkylation sites (tertiary alicyclic amines) is 1. The van der Waals surface area contributed by atoms with Gasteiger partial charge in [-0.25, -0.2) is 0 Å². The molecule has 0 spiro atoms. The molecule has 0 aromatic heterocycles. The summed E-state index contributed by atoms with van der Waals surface area (Å²) in [6, 6.07) is 17.5. The van der Waals surface area contributed by atoms with Crippen LogP contribution in [0.5, 0.6) is 5.75 Å². The molecule has 1 aliphatic rings. The summed E-state index contributed by atoms with van der Waals surface area (Å²) in [7, 11) is 0. The molecule has 2 aromatic carbocycles. The molecule has 0 radical (unpaired) electrons. The highest BCUT2D eigenvalue weighted by molar-refractivity contribution is 5.85. The van der Waals surface area contributed by atoms with Crippen LogP contribution in [0.3, 0.4) is 0 Å². The van der Waals surface area contributed by atoms with E-state index in [-0.39, 0.29) is 12.4 Å².